The first-order chi connectivity index (χ1) is 15.0. The Morgan fingerprint density at radius 1 is 0.968 bits per heavy atom. The molecule has 11 heteroatoms. The molecular formula is C20H17F3N6O2. The number of hydrogen-bond acceptors (Lipinski definition) is 8. The lowest BCUT2D eigenvalue weighted by Crippen LogP contribution is -2.20. The fraction of sp³-hybridized carbons (Fsp3) is 0.250. The molecule has 0 bridgehead atoms. The molecule has 0 radical (unpaired) electrons. The lowest BCUT2D eigenvalue weighted by molar-refractivity contribution is -0.0939. The molecule has 8 nitrogen and oxygen atoms in total. The number of nitrogens with zero attached hydrogens (tertiary/aromatic N) is 5. The number of rotatable bonds is 6. The molecule has 0 saturated carbocycles. The molecule has 0 spiro atoms. The Morgan fingerprint density at radius 2 is 1.74 bits per heavy atom. The number of fused-ring (bicyclic) bond motifs is 1. The molecule has 160 valence electrons. The van der Waals surface area contributed by atoms with Gasteiger partial charge in [-0.15, -0.1) is 0 Å². The standard InChI is InChI=1S/C20H17F3N6O2/c21-20(22,23)13-5-6-24-16(11-13)31-15-3-1-14(2-4-15)30-10-9-27-19-17-18(28-12-29-19)26-8-7-25-17/h1-4,7-8,11-12H,5-6,9-10H2,(H,26,27,28,29). The van der Waals surface area contributed by atoms with Crippen molar-refractivity contribution < 1.29 is 22.6 Å². The van der Waals surface area contributed by atoms with E-state index in [4.69, 9.17) is 9.47 Å². The first-order valence-corrected chi connectivity index (χ1v) is 9.37. The number of aliphatic imine (C=N–C) groups is 1. The average Bonchev–Trinajstić information content (AvgIpc) is 2.77. The molecular weight excluding hydrogens is 413 g/mol. The Morgan fingerprint density at radius 3 is 2.55 bits per heavy atom. The summed E-state index contributed by atoms with van der Waals surface area (Å²) < 4.78 is 49.6. The van der Waals surface area contributed by atoms with Gasteiger partial charge in [-0.25, -0.2) is 19.9 Å². The van der Waals surface area contributed by atoms with Gasteiger partial charge in [0.05, 0.1) is 6.54 Å². The van der Waals surface area contributed by atoms with Gasteiger partial charge < -0.3 is 14.8 Å². The van der Waals surface area contributed by atoms with Crippen LogP contribution in [-0.4, -0.2) is 51.7 Å². The van der Waals surface area contributed by atoms with E-state index in [1.54, 1.807) is 36.7 Å². The van der Waals surface area contributed by atoms with E-state index >= 15 is 0 Å². The van der Waals surface area contributed by atoms with Gasteiger partial charge in [-0.3, -0.25) is 4.99 Å². The minimum atomic E-state index is -4.37. The summed E-state index contributed by atoms with van der Waals surface area (Å²) in [6.45, 7) is 0.848. The van der Waals surface area contributed by atoms with E-state index in [-0.39, 0.29) is 18.9 Å². The second kappa shape index (κ2) is 8.94. The number of dihydropyridines is 1. The van der Waals surface area contributed by atoms with Gasteiger partial charge in [-0.1, -0.05) is 0 Å². The van der Waals surface area contributed by atoms with Crippen molar-refractivity contribution in [2.45, 2.75) is 12.6 Å². The zero-order chi connectivity index (χ0) is 21.7. The highest BCUT2D eigenvalue weighted by atomic mass is 19.4. The van der Waals surface area contributed by atoms with Crippen LogP contribution >= 0.6 is 0 Å². The number of ether oxygens (including phenoxy) is 2. The van der Waals surface area contributed by atoms with Crippen LogP contribution in [0.15, 0.2) is 59.6 Å². The molecule has 3 aromatic rings. The summed E-state index contributed by atoms with van der Waals surface area (Å²) in [7, 11) is 0. The predicted molar refractivity (Wildman–Crippen MR) is 107 cm³/mol. The molecule has 0 amide bonds. The maximum Gasteiger partial charge on any atom is 0.412 e. The van der Waals surface area contributed by atoms with Crippen LogP contribution in [0, 0.1) is 0 Å². The molecule has 0 aliphatic carbocycles. The number of alkyl halides is 3. The SMILES string of the molecule is FC(F)(F)C1=CC(Oc2ccc(OCCNc3ncnc4nccnc34)cc2)=NCC1. The Kier molecular flexibility index (Phi) is 5.92. The Hall–Kier alpha value is -3.76. The van der Waals surface area contributed by atoms with Crippen LogP contribution in [0.5, 0.6) is 11.5 Å². The summed E-state index contributed by atoms with van der Waals surface area (Å²) in [5, 5.41) is 3.12. The van der Waals surface area contributed by atoms with Crippen LogP contribution in [0.25, 0.3) is 11.2 Å². The van der Waals surface area contributed by atoms with Gasteiger partial charge >= 0.3 is 6.18 Å². The first kappa shape index (κ1) is 20.5. The third-order valence-electron chi connectivity index (χ3n) is 4.29. The fourth-order valence-corrected chi connectivity index (χ4v) is 2.83. The van der Waals surface area contributed by atoms with Crippen molar-refractivity contribution in [2.24, 2.45) is 4.99 Å². The number of halogens is 3. The normalized spacial score (nSPS) is 14.0. The van der Waals surface area contributed by atoms with Gasteiger partial charge in [-0.05, 0) is 30.7 Å². The maximum absolute atomic E-state index is 12.8. The highest BCUT2D eigenvalue weighted by Gasteiger charge is 2.34. The monoisotopic (exact) mass is 430 g/mol. The average molecular weight is 430 g/mol. The quantitative estimate of drug-likeness (QED) is 0.598. The van der Waals surface area contributed by atoms with Crippen LogP contribution < -0.4 is 14.8 Å². The zero-order valence-corrected chi connectivity index (χ0v) is 16.1. The van der Waals surface area contributed by atoms with Crippen molar-refractivity contribution >= 4 is 22.9 Å². The fourth-order valence-electron chi connectivity index (χ4n) is 2.83. The van der Waals surface area contributed by atoms with E-state index in [2.05, 4.69) is 30.2 Å². The summed E-state index contributed by atoms with van der Waals surface area (Å²) in [6.07, 6.45) is 0.941. The Balaban J connectivity index is 1.28. The highest BCUT2D eigenvalue weighted by Crippen LogP contribution is 2.30. The van der Waals surface area contributed by atoms with Gasteiger partial charge in [-0.2, -0.15) is 13.2 Å². The molecule has 3 heterocycles. The van der Waals surface area contributed by atoms with Crippen molar-refractivity contribution in [3.63, 3.8) is 0 Å². The Labute approximate surface area is 174 Å². The molecule has 1 aliphatic rings. The lowest BCUT2D eigenvalue weighted by Gasteiger charge is -2.16. The van der Waals surface area contributed by atoms with E-state index in [1.807, 2.05) is 0 Å². The molecule has 0 unspecified atom stereocenters. The third-order valence-corrected chi connectivity index (χ3v) is 4.29. The molecule has 0 atom stereocenters. The zero-order valence-electron chi connectivity index (χ0n) is 16.1. The Bertz CT molecular complexity index is 1110. The van der Waals surface area contributed by atoms with Gasteiger partial charge in [0.1, 0.15) is 29.9 Å². The first-order valence-electron chi connectivity index (χ1n) is 9.37. The van der Waals surface area contributed by atoms with Crippen molar-refractivity contribution in [1.29, 1.82) is 0 Å². The van der Waals surface area contributed by atoms with Gasteiger partial charge in [0.25, 0.3) is 0 Å². The molecule has 1 aliphatic heterocycles. The largest absolute Gasteiger partial charge is 0.492 e. The van der Waals surface area contributed by atoms with Crippen LogP contribution in [-0.2, 0) is 0 Å². The summed E-state index contributed by atoms with van der Waals surface area (Å²) in [6, 6.07) is 6.54. The van der Waals surface area contributed by atoms with Crippen molar-refractivity contribution in [3.8, 4) is 11.5 Å². The molecule has 1 aromatic carbocycles. The molecule has 0 fully saturated rings. The number of benzene rings is 1. The maximum atomic E-state index is 12.8. The predicted octanol–water partition coefficient (Wildman–Crippen LogP) is 3.58. The second-order valence-corrected chi connectivity index (χ2v) is 6.44. The van der Waals surface area contributed by atoms with E-state index in [0.29, 0.717) is 41.6 Å². The number of hydrogen-bond donors (Lipinski definition) is 1. The second-order valence-electron chi connectivity index (χ2n) is 6.44. The highest BCUT2D eigenvalue weighted by molar-refractivity contribution is 5.91. The van der Waals surface area contributed by atoms with E-state index in [0.717, 1.165) is 6.08 Å². The van der Waals surface area contributed by atoms with Gasteiger partial charge in [0.2, 0.25) is 5.90 Å². The summed E-state index contributed by atoms with van der Waals surface area (Å²) in [4.78, 5) is 20.5. The van der Waals surface area contributed by atoms with Crippen molar-refractivity contribution in [2.75, 3.05) is 25.0 Å². The van der Waals surface area contributed by atoms with Gasteiger partial charge in [0, 0.05) is 30.6 Å². The molecule has 0 saturated heterocycles. The number of nitrogens with one attached hydrogen (secondary N) is 1. The minimum Gasteiger partial charge on any atom is -0.492 e. The van der Waals surface area contributed by atoms with Gasteiger partial charge in [0.15, 0.2) is 11.5 Å². The summed E-state index contributed by atoms with van der Waals surface area (Å²) in [5.41, 5.74) is 0.420. The van der Waals surface area contributed by atoms with E-state index in [1.165, 1.54) is 6.33 Å². The smallest absolute Gasteiger partial charge is 0.412 e. The minimum absolute atomic E-state index is 0.0437. The van der Waals surface area contributed by atoms with E-state index in [9.17, 15) is 13.2 Å². The van der Waals surface area contributed by atoms with Crippen LogP contribution in [0.4, 0.5) is 19.0 Å². The molecule has 1 N–H and O–H groups in total. The molecule has 4 rings (SSSR count). The topological polar surface area (TPSA) is 94.4 Å². The molecule has 2 aromatic heterocycles. The van der Waals surface area contributed by atoms with Crippen molar-refractivity contribution in [3.05, 3.63) is 54.6 Å². The third kappa shape index (κ3) is 5.24. The summed E-state index contributed by atoms with van der Waals surface area (Å²) in [5.74, 6) is 1.45. The van der Waals surface area contributed by atoms with Crippen LogP contribution in [0.3, 0.4) is 0 Å². The lowest BCUT2D eigenvalue weighted by atomic mass is 10.1. The number of anilines is 1. The number of aromatic nitrogens is 4. The van der Waals surface area contributed by atoms with E-state index < -0.39 is 11.7 Å². The van der Waals surface area contributed by atoms with Crippen LogP contribution in [0.2, 0.25) is 0 Å². The summed E-state index contributed by atoms with van der Waals surface area (Å²) >= 11 is 0. The van der Waals surface area contributed by atoms with Crippen molar-refractivity contribution in [1.82, 2.24) is 19.9 Å². The van der Waals surface area contributed by atoms with Crippen LogP contribution in [0.1, 0.15) is 6.42 Å². The molecule has 31 heavy (non-hydrogen) atoms.